The predicted octanol–water partition coefficient (Wildman–Crippen LogP) is 3.98. The SMILES string of the molecule is NN1C(=O)C2(COC3=CC4CCCCCCCC4C=C32)c2ccccc21. The number of allylic oxidation sites excluding steroid dienone is 3. The zero-order chi connectivity index (χ0) is 17.7. The lowest BCUT2D eigenvalue weighted by Gasteiger charge is -2.29. The number of amides is 1. The molecule has 3 atom stereocenters. The second-order valence-electron chi connectivity index (χ2n) is 8.17. The Labute approximate surface area is 154 Å². The number of ether oxygens (including phenoxy) is 1. The summed E-state index contributed by atoms with van der Waals surface area (Å²) in [7, 11) is 0. The maximum Gasteiger partial charge on any atom is 0.260 e. The van der Waals surface area contributed by atoms with E-state index in [1.807, 2.05) is 24.3 Å². The van der Waals surface area contributed by atoms with E-state index >= 15 is 0 Å². The molecule has 2 aliphatic carbocycles. The highest BCUT2D eigenvalue weighted by Crippen LogP contribution is 2.54. The molecule has 1 amide bonds. The highest BCUT2D eigenvalue weighted by molar-refractivity contribution is 6.10. The van der Waals surface area contributed by atoms with Gasteiger partial charge in [0.05, 0.1) is 5.69 Å². The van der Waals surface area contributed by atoms with Crippen molar-refractivity contribution in [3.63, 3.8) is 0 Å². The van der Waals surface area contributed by atoms with E-state index in [-0.39, 0.29) is 5.91 Å². The summed E-state index contributed by atoms with van der Waals surface area (Å²) in [4.78, 5) is 13.2. The van der Waals surface area contributed by atoms with Gasteiger partial charge >= 0.3 is 0 Å². The van der Waals surface area contributed by atoms with Crippen molar-refractivity contribution in [1.29, 1.82) is 0 Å². The van der Waals surface area contributed by atoms with Crippen LogP contribution in [0.3, 0.4) is 0 Å². The molecule has 0 bridgehead atoms. The third kappa shape index (κ3) is 2.14. The summed E-state index contributed by atoms with van der Waals surface area (Å²) in [5, 5.41) is 1.32. The molecule has 1 saturated heterocycles. The number of fused-ring (bicyclic) bond motifs is 5. The average Bonchev–Trinajstić information content (AvgIpc) is 3.17. The van der Waals surface area contributed by atoms with Gasteiger partial charge in [0.25, 0.3) is 5.91 Å². The Morgan fingerprint density at radius 1 is 1.00 bits per heavy atom. The molecule has 1 saturated carbocycles. The number of hydrogen-bond donors (Lipinski definition) is 1. The summed E-state index contributed by atoms with van der Waals surface area (Å²) in [6.45, 7) is 0.369. The van der Waals surface area contributed by atoms with E-state index in [9.17, 15) is 4.79 Å². The third-order valence-electron chi connectivity index (χ3n) is 6.75. The number of hydrogen-bond acceptors (Lipinski definition) is 3. The Morgan fingerprint density at radius 2 is 1.69 bits per heavy atom. The number of benzene rings is 1. The molecule has 1 spiro atoms. The second-order valence-corrected chi connectivity index (χ2v) is 8.17. The summed E-state index contributed by atoms with van der Waals surface area (Å²) in [5.74, 6) is 8.06. The van der Waals surface area contributed by atoms with Crippen molar-refractivity contribution in [2.75, 3.05) is 11.6 Å². The lowest BCUT2D eigenvalue weighted by atomic mass is 9.70. The van der Waals surface area contributed by atoms with Gasteiger partial charge in [0.1, 0.15) is 17.8 Å². The van der Waals surface area contributed by atoms with Crippen LogP contribution in [0.15, 0.2) is 47.7 Å². The Morgan fingerprint density at radius 3 is 2.50 bits per heavy atom. The first-order chi connectivity index (χ1) is 12.7. The smallest absolute Gasteiger partial charge is 0.260 e. The van der Waals surface area contributed by atoms with E-state index in [1.54, 1.807) is 0 Å². The van der Waals surface area contributed by atoms with Crippen LogP contribution < -0.4 is 10.9 Å². The molecule has 4 nitrogen and oxygen atoms in total. The minimum absolute atomic E-state index is 0.0603. The van der Waals surface area contributed by atoms with Gasteiger partial charge < -0.3 is 4.74 Å². The second kappa shape index (κ2) is 5.98. The van der Waals surface area contributed by atoms with Gasteiger partial charge in [-0.1, -0.05) is 56.4 Å². The first kappa shape index (κ1) is 16.1. The summed E-state index contributed by atoms with van der Waals surface area (Å²) < 4.78 is 6.11. The number of nitrogens with zero attached hydrogens (tertiary/aromatic N) is 1. The fourth-order valence-electron chi connectivity index (χ4n) is 5.33. The van der Waals surface area contributed by atoms with E-state index < -0.39 is 5.41 Å². The number of rotatable bonds is 0. The van der Waals surface area contributed by atoms with Gasteiger partial charge in [-0.05, 0) is 36.8 Å². The molecule has 2 heterocycles. The fraction of sp³-hybridized carbons (Fsp3) is 0.500. The third-order valence-corrected chi connectivity index (χ3v) is 6.75. The molecule has 3 unspecified atom stereocenters. The Bertz CT molecular complexity index is 812. The van der Waals surface area contributed by atoms with Crippen LogP contribution in [0.2, 0.25) is 0 Å². The molecule has 4 aliphatic rings. The van der Waals surface area contributed by atoms with Crippen molar-refractivity contribution in [3.8, 4) is 0 Å². The average molecular weight is 350 g/mol. The Hall–Kier alpha value is -2.07. The van der Waals surface area contributed by atoms with Crippen LogP contribution in [-0.2, 0) is 14.9 Å². The van der Waals surface area contributed by atoms with Gasteiger partial charge in [0.15, 0.2) is 0 Å². The molecular weight excluding hydrogens is 324 g/mol. The van der Waals surface area contributed by atoms with Gasteiger partial charge in [0.2, 0.25) is 0 Å². The molecule has 26 heavy (non-hydrogen) atoms. The van der Waals surface area contributed by atoms with Crippen LogP contribution in [0.25, 0.3) is 0 Å². The molecule has 2 fully saturated rings. The van der Waals surface area contributed by atoms with Crippen LogP contribution in [0, 0.1) is 11.8 Å². The predicted molar refractivity (Wildman–Crippen MR) is 101 cm³/mol. The normalized spacial score (nSPS) is 33.3. The molecule has 1 aromatic carbocycles. The van der Waals surface area contributed by atoms with Gasteiger partial charge in [-0.2, -0.15) is 0 Å². The van der Waals surface area contributed by atoms with Gasteiger partial charge in [-0.15, -0.1) is 0 Å². The maximum absolute atomic E-state index is 13.2. The van der Waals surface area contributed by atoms with Crippen molar-refractivity contribution >= 4 is 11.6 Å². The maximum atomic E-state index is 13.2. The first-order valence-corrected chi connectivity index (χ1v) is 9.98. The fourth-order valence-corrected chi connectivity index (χ4v) is 5.33. The monoisotopic (exact) mass is 350 g/mol. The van der Waals surface area contributed by atoms with Crippen LogP contribution in [0.5, 0.6) is 0 Å². The molecule has 5 rings (SSSR count). The quantitative estimate of drug-likeness (QED) is 0.569. The lowest BCUT2D eigenvalue weighted by Crippen LogP contribution is -2.45. The van der Waals surface area contributed by atoms with E-state index in [2.05, 4.69) is 12.2 Å². The van der Waals surface area contributed by atoms with Gasteiger partial charge in [0, 0.05) is 11.1 Å². The minimum atomic E-state index is -0.749. The summed E-state index contributed by atoms with van der Waals surface area (Å²) in [6, 6.07) is 7.88. The molecule has 0 radical (unpaired) electrons. The van der Waals surface area contributed by atoms with Crippen LogP contribution in [0.1, 0.15) is 50.5 Å². The van der Waals surface area contributed by atoms with Crippen LogP contribution >= 0.6 is 0 Å². The summed E-state index contributed by atoms with van der Waals surface area (Å²) in [5.41, 5.74) is 2.10. The highest BCUT2D eigenvalue weighted by Gasteiger charge is 2.58. The van der Waals surface area contributed by atoms with Crippen molar-refractivity contribution in [3.05, 3.63) is 53.3 Å². The van der Waals surface area contributed by atoms with E-state index in [4.69, 9.17) is 10.6 Å². The number of anilines is 1. The number of hydrazine groups is 1. The van der Waals surface area contributed by atoms with Crippen molar-refractivity contribution in [2.45, 2.75) is 50.4 Å². The largest absolute Gasteiger partial charge is 0.492 e. The summed E-state index contributed by atoms with van der Waals surface area (Å²) >= 11 is 0. The molecule has 2 N–H and O–H groups in total. The van der Waals surface area contributed by atoms with E-state index in [0.717, 1.165) is 22.6 Å². The van der Waals surface area contributed by atoms with E-state index in [0.29, 0.717) is 18.4 Å². The minimum Gasteiger partial charge on any atom is -0.492 e. The standard InChI is InChI=1S/C22H26N2O2/c23-24-19-11-7-6-10-17(19)22(21(24)25)14-26-20-13-16-9-5-3-1-2-4-8-15(16)12-18(20)22/h6-7,10-13,15-16H,1-5,8-9,14,23H2. The van der Waals surface area contributed by atoms with Crippen molar-refractivity contribution in [2.24, 2.45) is 17.7 Å². The molecule has 0 aromatic heterocycles. The van der Waals surface area contributed by atoms with Crippen LogP contribution in [-0.4, -0.2) is 12.5 Å². The molecule has 2 aliphatic heterocycles. The van der Waals surface area contributed by atoms with Crippen molar-refractivity contribution < 1.29 is 9.53 Å². The topological polar surface area (TPSA) is 55.6 Å². The number of nitrogens with two attached hydrogens (primary N) is 1. The first-order valence-electron chi connectivity index (χ1n) is 9.98. The van der Waals surface area contributed by atoms with Crippen molar-refractivity contribution in [1.82, 2.24) is 0 Å². The zero-order valence-corrected chi connectivity index (χ0v) is 15.1. The lowest BCUT2D eigenvalue weighted by molar-refractivity contribution is -0.122. The molecule has 136 valence electrons. The van der Waals surface area contributed by atoms with Crippen LogP contribution in [0.4, 0.5) is 5.69 Å². The Balaban J connectivity index is 1.60. The number of para-hydroxylation sites is 1. The zero-order valence-electron chi connectivity index (χ0n) is 15.1. The summed E-state index contributed by atoms with van der Waals surface area (Å²) in [6.07, 6.45) is 13.7. The Kier molecular flexibility index (Phi) is 3.71. The number of carbonyl (C=O) groups is 1. The highest BCUT2D eigenvalue weighted by atomic mass is 16.5. The van der Waals surface area contributed by atoms with Gasteiger partial charge in [-0.3, -0.25) is 4.79 Å². The molecule has 1 aromatic rings. The molecule has 4 heteroatoms. The van der Waals surface area contributed by atoms with E-state index in [1.165, 1.54) is 50.0 Å². The number of carbonyl (C=O) groups excluding carboxylic acids is 1. The molecular formula is C22H26N2O2. The van der Waals surface area contributed by atoms with Gasteiger partial charge in [-0.25, -0.2) is 10.9 Å².